The Morgan fingerprint density at radius 1 is 1.09 bits per heavy atom. The Hall–Kier alpha value is -2.93. The van der Waals surface area contributed by atoms with Crippen LogP contribution in [0.5, 0.6) is 0 Å². The first-order chi connectivity index (χ1) is 16.2. The van der Waals surface area contributed by atoms with E-state index in [2.05, 4.69) is 32.0 Å². The predicted molar refractivity (Wildman–Crippen MR) is 125 cm³/mol. The SMILES string of the molecule is CCc1cnc(N2CCC([C@H]3C[C@H]3COCc3ccc(-c4cccnn4)c(F)c3)CC2)nc1. The molecule has 2 atom stereocenters. The summed E-state index contributed by atoms with van der Waals surface area (Å²) >= 11 is 0. The number of ether oxygens (including phenoxy) is 1. The first-order valence-corrected chi connectivity index (χ1v) is 11.9. The van der Waals surface area contributed by atoms with Crippen molar-refractivity contribution in [2.45, 2.75) is 39.2 Å². The van der Waals surface area contributed by atoms with Gasteiger partial charge in [0.2, 0.25) is 5.95 Å². The molecule has 0 unspecified atom stereocenters. The second-order valence-electron chi connectivity index (χ2n) is 9.17. The second kappa shape index (κ2) is 9.91. The highest BCUT2D eigenvalue weighted by atomic mass is 19.1. The van der Waals surface area contributed by atoms with Crippen LogP contribution in [0.4, 0.5) is 10.3 Å². The number of anilines is 1. The molecule has 0 spiro atoms. The van der Waals surface area contributed by atoms with Crippen molar-refractivity contribution in [3.63, 3.8) is 0 Å². The minimum Gasteiger partial charge on any atom is -0.376 e. The molecule has 2 aromatic heterocycles. The Kier molecular flexibility index (Phi) is 6.58. The van der Waals surface area contributed by atoms with Crippen LogP contribution in [-0.2, 0) is 17.8 Å². The molecule has 1 saturated carbocycles. The van der Waals surface area contributed by atoms with Crippen LogP contribution in [0.3, 0.4) is 0 Å². The molecule has 172 valence electrons. The van der Waals surface area contributed by atoms with E-state index in [1.165, 1.54) is 24.8 Å². The largest absolute Gasteiger partial charge is 0.376 e. The molecular weight excluding hydrogens is 417 g/mol. The van der Waals surface area contributed by atoms with Gasteiger partial charge in [0.25, 0.3) is 0 Å². The van der Waals surface area contributed by atoms with E-state index in [1.807, 2.05) is 18.5 Å². The number of rotatable bonds is 8. The highest BCUT2D eigenvalue weighted by Crippen LogP contribution is 2.48. The number of nitrogens with zero attached hydrogens (tertiary/aromatic N) is 5. The summed E-state index contributed by atoms with van der Waals surface area (Å²) in [5, 5.41) is 7.81. The average molecular weight is 448 g/mol. The maximum atomic E-state index is 14.5. The number of aromatic nitrogens is 4. The molecule has 0 N–H and O–H groups in total. The second-order valence-corrected chi connectivity index (χ2v) is 9.17. The summed E-state index contributed by atoms with van der Waals surface area (Å²) in [6.45, 7) is 5.36. The van der Waals surface area contributed by atoms with Crippen molar-refractivity contribution in [3.8, 4) is 11.3 Å². The molecule has 1 aliphatic heterocycles. The van der Waals surface area contributed by atoms with Crippen LogP contribution in [0.25, 0.3) is 11.3 Å². The lowest BCUT2D eigenvalue weighted by Crippen LogP contribution is -2.35. The molecule has 33 heavy (non-hydrogen) atoms. The molecule has 0 amide bonds. The van der Waals surface area contributed by atoms with Crippen molar-refractivity contribution in [3.05, 3.63) is 65.9 Å². The number of benzene rings is 1. The maximum Gasteiger partial charge on any atom is 0.225 e. The summed E-state index contributed by atoms with van der Waals surface area (Å²) < 4.78 is 20.4. The highest BCUT2D eigenvalue weighted by Gasteiger charge is 2.43. The molecule has 5 rings (SSSR count). The fourth-order valence-corrected chi connectivity index (χ4v) is 4.89. The quantitative estimate of drug-likeness (QED) is 0.499. The minimum absolute atomic E-state index is 0.291. The molecule has 1 saturated heterocycles. The summed E-state index contributed by atoms with van der Waals surface area (Å²) in [6, 6.07) is 8.72. The number of hydrogen-bond donors (Lipinski definition) is 0. The van der Waals surface area contributed by atoms with E-state index in [1.54, 1.807) is 30.5 Å². The molecule has 0 bridgehead atoms. The summed E-state index contributed by atoms with van der Waals surface area (Å²) in [6.07, 6.45) is 10.1. The van der Waals surface area contributed by atoms with Crippen molar-refractivity contribution >= 4 is 5.95 Å². The van der Waals surface area contributed by atoms with Gasteiger partial charge in [0.05, 0.1) is 18.9 Å². The fraction of sp³-hybridized carbons (Fsp3) is 0.462. The number of hydrogen-bond acceptors (Lipinski definition) is 6. The topological polar surface area (TPSA) is 64.0 Å². The van der Waals surface area contributed by atoms with Gasteiger partial charge in [-0.2, -0.15) is 10.2 Å². The first kappa shape index (κ1) is 21.9. The molecular formula is C26H30FN5O. The van der Waals surface area contributed by atoms with E-state index in [-0.39, 0.29) is 5.82 Å². The smallest absolute Gasteiger partial charge is 0.225 e. The number of aryl methyl sites for hydroxylation is 1. The predicted octanol–water partition coefficient (Wildman–Crippen LogP) is 4.70. The minimum atomic E-state index is -0.291. The molecule has 1 aliphatic carbocycles. The molecule has 1 aromatic carbocycles. The van der Waals surface area contributed by atoms with Gasteiger partial charge in [0.1, 0.15) is 5.82 Å². The van der Waals surface area contributed by atoms with Gasteiger partial charge in [0.15, 0.2) is 0 Å². The van der Waals surface area contributed by atoms with Gasteiger partial charge >= 0.3 is 0 Å². The monoisotopic (exact) mass is 447 g/mol. The van der Waals surface area contributed by atoms with Crippen molar-refractivity contribution in [1.82, 2.24) is 20.2 Å². The number of piperidine rings is 1. The van der Waals surface area contributed by atoms with Crippen molar-refractivity contribution in [2.75, 3.05) is 24.6 Å². The van der Waals surface area contributed by atoms with Gasteiger partial charge in [-0.3, -0.25) is 0 Å². The highest BCUT2D eigenvalue weighted by molar-refractivity contribution is 5.59. The third-order valence-corrected chi connectivity index (χ3v) is 6.99. The van der Waals surface area contributed by atoms with Crippen LogP contribution in [0.2, 0.25) is 0 Å². The van der Waals surface area contributed by atoms with E-state index in [9.17, 15) is 4.39 Å². The first-order valence-electron chi connectivity index (χ1n) is 11.9. The molecule has 2 aliphatic rings. The number of halogens is 1. The zero-order chi connectivity index (χ0) is 22.6. The van der Waals surface area contributed by atoms with Gasteiger partial charge in [-0.05, 0) is 78.8 Å². The van der Waals surface area contributed by atoms with Crippen LogP contribution >= 0.6 is 0 Å². The molecule has 6 nitrogen and oxygen atoms in total. The molecule has 0 radical (unpaired) electrons. The van der Waals surface area contributed by atoms with Gasteiger partial charge in [-0.25, -0.2) is 14.4 Å². The van der Waals surface area contributed by atoms with Crippen LogP contribution < -0.4 is 4.90 Å². The van der Waals surface area contributed by atoms with Crippen molar-refractivity contribution in [1.29, 1.82) is 0 Å². The third-order valence-electron chi connectivity index (χ3n) is 6.99. The lowest BCUT2D eigenvalue weighted by molar-refractivity contribution is 0.104. The standard InChI is InChI=1S/C26H30FN5O/c1-2-18-14-28-26(29-15-18)32-10-7-20(8-11-32)23-13-21(23)17-33-16-19-5-6-22(24(27)12-19)25-4-3-9-30-31-25/h3-6,9,12,14-15,20-21,23H,2,7-8,10-11,13,16-17H2,1H3/t21-,23+/m0/s1. The Morgan fingerprint density at radius 3 is 2.61 bits per heavy atom. The third kappa shape index (κ3) is 5.19. The average Bonchev–Trinajstić information content (AvgIpc) is 3.64. The Balaban J connectivity index is 1.05. The van der Waals surface area contributed by atoms with Crippen LogP contribution in [0.15, 0.2) is 48.9 Å². The molecule has 3 aromatic rings. The van der Waals surface area contributed by atoms with E-state index in [0.29, 0.717) is 23.8 Å². The van der Waals surface area contributed by atoms with Gasteiger partial charge < -0.3 is 9.64 Å². The summed E-state index contributed by atoms with van der Waals surface area (Å²) in [5.74, 6) is 2.71. The fourth-order valence-electron chi connectivity index (χ4n) is 4.89. The molecule has 3 heterocycles. The van der Waals surface area contributed by atoms with Gasteiger partial charge in [-0.1, -0.05) is 13.0 Å². The molecule has 2 fully saturated rings. The lowest BCUT2D eigenvalue weighted by atomic mass is 9.91. The summed E-state index contributed by atoms with van der Waals surface area (Å²) in [7, 11) is 0. The van der Waals surface area contributed by atoms with Gasteiger partial charge in [0, 0.05) is 37.2 Å². The van der Waals surface area contributed by atoms with E-state index < -0.39 is 0 Å². The Morgan fingerprint density at radius 2 is 1.91 bits per heavy atom. The van der Waals surface area contributed by atoms with E-state index in [0.717, 1.165) is 49.5 Å². The van der Waals surface area contributed by atoms with Crippen LogP contribution in [0, 0.1) is 23.6 Å². The zero-order valence-electron chi connectivity index (χ0n) is 19.0. The molecule has 7 heteroatoms. The van der Waals surface area contributed by atoms with Gasteiger partial charge in [-0.15, -0.1) is 0 Å². The maximum absolute atomic E-state index is 14.5. The Bertz CT molecular complexity index is 1050. The van der Waals surface area contributed by atoms with Crippen LogP contribution in [-0.4, -0.2) is 39.9 Å². The van der Waals surface area contributed by atoms with Crippen molar-refractivity contribution < 1.29 is 9.13 Å². The lowest BCUT2D eigenvalue weighted by Gasteiger charge is -2.32. The summed E-state index contributed by atoms with van der Waals surface area (Å²) in [5.41, 5.74) is 3.03. The summed E-state index contributed by atoms with van der Waals surface area (Å²) in [4.78, 5) is 11.4. The van der Waals surface area contributed by atoms with Crippen LogP contribution in [0.1, 0.15) is 37.3 Å². The normalized spacial score (nSPS) is 20.7. The van der Waals surface area contributed by atoms with E-state index >= 15 is 0 Å². The van der Waals surface area contributed by atoms with Crippen molar-refractivity contribution in [2.24, 2.45) is 17.8 Å². The zero-order valence-corrected chi connectivity index (χ0v) is 19.0. The Labute approximate surface area is 194 Å². The van der Waals surface area contributed by atoms with E-state index in [4.69, 9.17) is 4.74 Å².